The van der Waals surface area contributed by atoms with Gasteiger partial charge in [-0.15, -0.1) is 9.80 Å². The summed E-state index contributed by atoms with van der Waals surface area (Å²) in [6, 6.07) is 0. The van der Waals surface area contributed by atoms with E-state index >= 15 is 0 Å². The van der Waals surface area contributed by atoms with Crippen LogP contribution in [0, 0.1) is 6.67 Å². The zero-order chi connectivity index (χ0) is 8.27. The van der Waals surface area contributed by atoms with E-state index in [9.17, 15) is 4.79 Å². The van der Waals surface area contributed by atoms with Crippen molar-refractivity contribution in [2.75, 3.05) is 20.7 Å². The molecule has 1 aliphatic rings. The molecule has 1 heterocycles. The maximum Gasteiger partial charge on any atom is 0.564 e. The second-order valence-electron chi connectivity index (χ2n) is 2.21. The molecule has 0 atom stereocenters. The normalized spacial score (nSPS) is 13.8. The highest BCUT2D eigenvalue weighted by Crippen LogP contribution is 2.07. The fourth-order valence-corrected chi connectivity index (χ4v) is 0.741. The number of ether oxygens (including phenoxy) is 1. The third-order valence-corrected chi connectivity index (χ3v) is 1.28. The van der Waals surface area contributed by atoms with Crippen molar-refractivity contribution in [3.05, 3.63) is 19.1 Å². The van der Waals surface area contributed by atoms with Gasteiger partial charge in [0, 0.05) is 0 Å². The van der Waals surface area contributed by atoms with E-state index in [2.05, 4.69) is 11.4 Å². The Morgan fingerprint density at radius 3 is 2.67 bits per heavy atom. The molecule has 0 unspecified atom stereocenters. The van der Waals surface area contributed by atoms with Crippen LogP contribution in [0.4, 0.5) is 0 Å². The van der Waals surface area contributed by atoms with Gasteiger partial charge in [-0.1, -0.05) is 0 Å². The lowest BCUT2D eigenvalue weighted by Crippen LogP contribution is -3.00. The minimum Gasteiger partial charge on any atom is -1.00 e. The quantitative estimate of drug-likeness (QED) is 0.374. The van der Waals surface area contributed by atoms with Crippen LogP contribution < -0.4 is 17.0 Å². The van der Waals surface area contributed by atoms with E-state index in [1.54, 1.807) is 16.0 Å². The highest BCUT2D eigenvalue weighted by Gasteiger charge is 2.29. The van der Waals surface area contributed by atoms with E-state index in [1.165, 1.54) is 7.11 Å². The maximum atomic E-state index is 10.7. The Labute approximate surface area is 82.5 Å². The standard InChI is InChI=1S/C7H10N2O2.BrH/c1-8-3-4-9(6-8)5-7(10)11-2;/h3-4H,5H2,1-2H3;1H/q+1;/p-1. The molecular weight excluding hydrogens is 224 g/mol. The molecule has 0 aromatic carbocycles. The van der Waals surface area contributed by atoms with Crippen LogP contribution in [0.2, 0.25) is 0 Å². The molecule has 67 valence electrons. The van der Waals surface area contributed by atoms with Crippen LogP contribution in [0.5, 0.6) is 0 Å². The molecule has 0 aromatic heterocycles. The lowest BCUT2D eigenvalue weighted by Gasteiger charge is -1.99. The van der Waals surface area contributed by atoms with E-state index < -0.39 is 0 Å². The van der Waals surface area contributed by atoms with Crippen LogP contribution in [0.15, 0.2) is 12.4 Å². The highest BCUT2D eigenvalue weighted by atomic mass is 79.9. The topological polar surface area (TPSA) is 32.8 Å². The van der Waals surface area contributed by atoms with Crippen LogP contribution in [-0.4, -0.2) is 36.5 Å². The summed E-state index contributed by atoms with van der Waals surface area (Å²) in [6.45, 7) is 3.09. The predicted octanol–water partition coefficient (Wildman–Crippen LogP) is -3.12. The van der Waals surface area contributed by atoms with Crippen molar-refractivity contribution in [2.24, 2.45) is 0 Å². The molecule has 0 aromatic rings. The Hall–Kier alpha value is -0.840. The number of esters is 1. The number of rotatable bonds is 2. The summed E-state index contributed by atoms with van der Waals surface area (Å²) in [5.74, 6) is -0.266. The van der Waals surface area contributed by atoms with Crippen LogP contribution in [0.1, 0.15) is 0 Å². The summed E-state index contributed by atoms with van der Waals surface area (Å²) in [7, 11) is 3.21. The number of methoxy groups -OCH3 is 1. The first-order valence-corrected chi connectivity index (χ1v) is 3.23. The lowest BCUT2D eigenvalue weighted by atomic mass is 10.6. The number of hydrogen-bond donors (Lipinski definition) is 0. The summed E-state index contributed by atoms with van der Waals surface area (Å²) in [5.41, 5.74) is 0. The van der Waals surface area contributed by atoms with E-state index in [4.69, 9.17) is 0 Å². The van der Waals surface area contributed by atoms with Crippen molar-refractivity contribution in [2.45, 2.75) is 0 Å². The van der Waals surface area contributed by atoms with E-state index in [1.807, 2.05) is 13.2 Å². The molecule has 0 bridgehead atoms. The molecule has 12 heavy (non-hydrogen) atoms. The lowest BCUT2D eigenvalue weighted by molar-refractivity contribution is -0.141. The van der Waals surface area contributed by atoms with Gasteiger partial charge in [-0.3, -0.25) is 0 Å². The Balaban J connectivity index is 0.00000121. The molecule has 0 amide bonds. The summed E-state index contributed by atoms with van der Waals surface area (Å²) in [4.78, 5) is 14.1. The first-order valence-electron chi connectivity index (χ1n) is 3.23. The van der Waals surface area contributed by atoms with E-state index in [0.717, 1.165) is 0 Å². The van der Waals surface area contributed by atoms with Gasteiger partial charge >= 0.3 is 12.6 Å². The third kappa shape index (κ3) is 3.04. The van der Waals surface area contributed by atoms with Gasteiger partial charge in [-0.25, -0.2) is 4.79 Å². The summed E-state index contributed by atoms with van der Waals surface area (Å²) in [6.07, 6.45) is 3.57. The number of carbonyl (C=O) groups is 1. The Kier molecular flexibility index (Phi) is 4.58. The second-order valence-corrected chi connectivity index (χ2v) is 2.21. The van der Waals surface area contributed by atoms with Crippen LogP contribution in [0.25, 0.3) is 0 Å². The van der Waals surface area contributed by atoms with Gasteiger partial charge in [-0.2, -0.15) is 0 Å². The molecule has 1 aliphatic heterocycles. The monoisotopic (exact) mass is 233 g/mol. The van der Waals surface area contributed by atoms with Gasteiger partial charge in [0.1, 0.15) is 0 Å². The van der Waals surface area contributed by atoms with Crippen LogP contribution >= 0.6 is 0 Å². The maximum absolute atomic E-state index is 10.7. The fraction of sp³-hybridized carbons (Fsp3) is 0.429. The third-order valence-electron chi connectivity index (χ3n) is 1.28. The molecule has 0 aliphatic carbocycles. The average Bonchev–Trinajstić information content (AvgIpc) is 2.35. The average molecular weight is 234 g/mol. The minimum absolute atomic E-state index is 0. The van der Waals surface area contributed by atoms with Crippen molar-refractivity contribution >= 4 is 5.97 Å². The van der Waals surface area contributed by atoms with Gasteiger partial charge in [0.2, 0.25) is 0 Å². The predicted molar refractivity (Wildman–Crippen MR) is 38.9 cm³/mol. The van der Waals surface area contributed by atoms with Crippen molar-refractivity contribution in [1.29, 1.82) is 0 Å². The van der Waals surface area contributed by atoms with Crippen molar-refractivity contribution in [1.82, 2.24) is 9.80 Å². The Bertz CT molecular complexity index is 184. The molecule has 0 saturated heterocycles. The molecule has 0 spiro atoms. The first-order chi connectivity index (χ1) is 5.22. The van der Waals surface area contributed by atoms with Gasteiger partial charge in [0.25, 0.3) is 0 Å². The molecule has 0 saturated carbocycles. The molecule has 0 N–H and O–H groups in total. The molecule has 1 rings (SSSR count). The van der Waals surface area contributed by atoms with E-state index in [-0.39, 0.29) is 29.5 Å². The number of nitrogens with zero attached hydrogens (tertiary/aromatic N) is 2. The summed E-state index contributed by atoms with van der Waals surface area (Å²) in [5, 5.41) is 0. The first kappa shape index (κ1) is 11.2. The van der Waals surface area contributed by atoms with Gasteiger partial charge in [0.15, 0.2) is 6.54 Å². The minimum atomic E-state index is -0.266. The second kappa shape index (κ2) is 4.92. The van der Waals surface area contributed by atoms with Crippen molar-refractivity contribution in [3.63, 3.8) is 0 Å². The summed E-state index contributed by atoms with van der Waals surface area (Å²) >= 11 is 0. The fourth-order valence-electron chi connectivity index (χ4n) is 0.741. The van der Waals surface area contributed by atoms with Crippen molar-refractivity contribution in [3.8, 4) is 0 Å². The SMILES string of the molecule is COC(=O)CN1[C+]N(C)C=C1.[Br-]. The number of hydrogen-bond acceptors (Lipinski definition) is 4. The molecule has 0 fully saturated rings. The number of carbonyl (C=O) groups excluding carboxylic acids is 1. The smallest absolute Gasteiger partial charge is 0.564 e. The number of halogens is 1. The van der Waals surface area contributed by atoms with Gasteiger partial charge in [0.05, 0.1) is 26.6 Å². The van der Waals surface area contributed by atoms with Crippen LogP contribution in [0.3, 0.4) is 0 Å². The zero-order valence-electron chi connectivity index (χ0n) is 6.95. The molecule has 5 heteroatoms. The molecule has 4 nitrogen and oxygen atoms in total. The zero-order valence-corrected chi connectivity index (χ0v) is 8.54. The van der Waals surface area contributed by atoms with Gasteiger partial charge in [-0.05, 0) is 0 Å². The van der Waals surface area contributed by atoms with Crippen molar-refractivity contribution < 1.29 is 26.5 Å². The Morgan fingerprint density at radius 1 is 1.58 bits per heavy atom. The molecular formula is C7H10BrN2O2. The molecule has 1 radical (unpaired) electrons. The van der Waals surface area contributed by atoms with Crippen LogP contribution in [-0.2, 0) is 9.53 Å². The Morgan fingerprint density at radius 2 is 2.25 bits per heavy atom. The largest absolute Gasteiger partial charge is 1.00 e. The van der Waals surface area contributed by atoms with E-state index in [0.29, 0.717) is 0 Å². The highest BCUT2D eigenvalue weighted by molar-refractivity contribution is 5.71. The van der Waals surface area contributed by atoms with Gasteiger partial charge < -0.3 is 21.7 Å². The summed E-state index contributed by atoms with van der Waals surface area (Å²) < 4.78 is 4.47.